The average molecular weight is 331 g/mol. The van der Waals surface area contributed by atoms with Gasteiger partial charge in [-0.1, -0.05) is 6.07 Å². The van der Waals surface area contributed by atoms with Gasteiger partial charge in [0.15, 0.2) is 5.69 Å². The van der Waals surface area contributed by atoms with Gasteiger partial charge in [-0.2, -0.15) is 4.98 Å². The summed E-state index contributed by atoms with van der Waals surface area (Å²) in [7, 11) is 0. The Balaban J connectivity index is 1.58. The summed E-state index contributed by atoms with van der Waals surface area (Å²) < 4.78 is 5.19. The number of rotatable bonds is 5. The zero-order chi connectivity index (χ0) is 16.9. The summed E-state index contributed by atoms with van der Waals surface area (Å²) in [5, 5.41) is 14.8. The zero-order valence-corrected chi connectivity index (χ0v) is 12.8. The molecule has 1 saturated heterocycles. The summed E-state index contributed by atoms with van der Waals surface area (Å²) in [6.07, 6.45) is 2.76. The Labute approximate surface area is 137 Å². The number of hydrogen-bond donors (Lipinski definition) is 3. The topological polar surface area (TPSA) is 121 Å². The minimum atomic E-state index is -1.15. The van der Waals surface area contributed by atoms with Gasteiger partial charge >= 0.3 is 5.97 Å². The maximum Gasteiger partial charge on any atom is 0.357 e. The first kappa shape index (κ1) is 15.9. The van der Waals surface area contributed by atoms with Crippen molar-refractivity contribution in [1.82, 2.24) is 20.6 Å². The van der Waals surface area contributed by atoms with E-state index in [-0.39, 0.29) is 17.6 Å². The van der Waals surface area contributed by atoms with Crippen molar-refractivity contribution in [3.8, 4) is 0 Å². The van der Waals surface area contributed by atoms with Gasteiger partial charge in [0.05, 0.1) is 12.2 Å². The van der Waals surface area contributed by atoms with Crippen LogP contribution in [0.15, 0.2) is 35.1 Å². The summed E-state index contributed by atoms with van der Waals surface area (Å²) in [5.74, 6) is -1.31. The zero-order valence-electron chi connectivity index (χ0n) is 12.8. The highest BCUT2D eigenvalue weighted by Gasteiger charge is 2.28. The van der Waals surface area contributed by atoms with E-state index in [1.807, 2.05) is 18.2 Å². The summed E-state index contributed by atoms with van der Waals surface area (Å²) in [5.41, 5.74) is 0.622. The van der Waals surface area contributed by atoms with E-state index >= 15 is 0 Å². The molecule has 0 spiro atoms. The fourth-order valence-corrected chi connectivity index (χ4v) is 2.41. The third-order valence-corrected chi connectivity index (χ3v) is 3.64. The Morgan fingerprint density at radius 3 is 3.04 bits per heavy atom. The highest BCUT2D eigenvalue weighted by molar-refractivity contribution is 5.85. The van der Waals surface area contributed by atoms with Crippen LogP contribution in [0.3, 0.4) is 0 Å². The number of carbonyl (C=O) groups excluding carboxylic acids is 1. The monoisotopic (exact) mass is 331 g/mol. The van der Waals surface area contributed by atoms with Gasteiger partial charge in [-0.05, 0) is 12.1 Å². The molecule has 0 aliphatic carbocycles. The Kier molecular flexibility index (Phi) is 4.71. The van der Waals surface area contributed by atoms with Crippen LogP contribution in [0.4, 0.5) is 6.01 Å². The van der Waals surface area contributed by atoms with Crippen molar-refractivity contribution in [2.24, 2.45) is 0 Å². The van der Waals surface area contributed by atoms with Gasteiger partial charge in [0.25, 0.3) is 6.01 Å². The minimum absolute atomic E-state index is 0.153. The molecular weight excluding hydrogens is 314 g/mol. The van der Waals surface area contributed by atoms with Gasteiger partial charge < -0.3 is 25.1 Å². The van der Waals surface area contributed by atoms with Crippen molar-refractivity contribution in [3.63, 3.8) is 0 Å². The van der Waals surface area contributed by atoms with E-state index in [9.17, 15) is 9.59 Å². The molecule has 0 bridgehead atoms. The lowest BCUT2D eigenvalue weighted by molar-refractivity contribution is -0.123. The number of amides is 1. The van der Waals surface area contributed by atoms with E-state index in [0.29, 0.717) is 26.2 Å². The molecule has 126 valence electrons. The van der Waals surface area contributed by atoms with Crippen molar-refractivity contribution in [2.75, 3.05) is 24.5 Å². The molecule has 2 aromatic heterocycles. The van der Waals surface area contributed by atoms with E-state index in [4.69, 9.17) is 9.52 Å². The van der Waals surface area contributed by atoms with E-state index in [1.165, 1.54) is 0 Å². The van der Waals surface area contributed by atoms with Crippen LogP contribution in [0.1, 0.15) is 16.2 Å². The maximum absolute atomic E-state index is 12.3. The van der Waals surface area contributed by atoms with Crippen molar-refractivity contribution < 1.29 is 19.1 Å². The minimum Gasteiger partial charge on any atom is -0.476 e. The second kappa shape index (κ2) is 7.09. The molecule has 0 aromatic carbocycles. The number of piperazine rings is 1. The number of nitrogens with one attached hydrogen (secondary N) is 2. The molecule has 1 aliphatic rings. The second-order valence-electron chi connectivity index (χ2n) is 5.31. The molecule has 9 heteroatoms. The number of aromatic carboxylic acids is 1. The van der Waals surface area contributed by atoms with Gasteiger partial charge in [-0.15, -0.1) is 0 Å². The molecule has 2 aromatic rings. The number of carboxylic acid groups (broad SMARTS) is 1. The second-order valence-corrected chi connectivity index (χ2v) is 5.31. The number of pyridine rings is 1. The summed E-state index contributed by atoms with van der Waals surface area (Å²) in [6, 6.07) is 5.27. The first-order chi connectivity index (χ1) is 11.6. The lowest BCUT2D eigenvalue weighted by Crippen LogP contribution is -2.57. The van der Waals surface area contributed by atoms with Crippen LogP contribution in [-0.2, 0) is 11.3 Å². The van der Waals surface area contributed by atoms with Crippen LogP contribution in [0.5, 0.6) is 0 Å². The number of nitrogens with zero attached hydrogens (tertiary/aromatic N) is 3. The van der Waals surface area contributed by atoms with E-state index < -0.39 is 12.0 Å². The van der Waals surface area contributed by atoms with Gasteiger partial charge in [0.2, 0.25) is 5.91 Å². The van der Waals surface area contributed by atoms with Crippen molar-refractivity contribution >= 4 is 17.9 Å². The summed E-state index contributed by atoms with van der Waals surface area (Å²) in [4.78, 5) is 33.0. The molecule has 1 amide bonds. The molecule has 24 heavy (non-hydrogen) atoms. The molecule has 0 unspecified atom stereocenters. The van der Waals surface area contributed by atoms with Crippen LogP contribution >= 0.6 is 0 Å². The fraction of sp³-hybridized carbons (Fsp3) is 0.333. The summed E-state index contributed by atoms with van der Waals surface area (Å²) in [6.45, 7) is 1.82. The van der Waals surface area contributed by atoms with Gasteiger partial charge in [-0.25, -0.2) is 4.79 Å². The summed E-state index contributed by atoms with van der Waals surface area (Å²) >= 11 is 0. The molecule has 0 radical (unpaired) electrons. The van der Waals surface area contributed by atoms with Crippen LogP contribution in [0.25, 0.3) is 0 Å². The quantitative estimate of drug-likeness (QED) is 0.692. The first-order valence-corrected chi connectivity index (χ1v) is 7.48. The van der Waals surface area contributed by atoms with Crippen molar-refractivity contribution in [3.05, 3.63) is 42.0 Å². The fourth-order valence-electron chi connectivity index (χ4n) is 2.41. The number of oxazole rings is 1. The molecule has 3 N–H and O–H groups in total. The molecule has 1 atom stereocenters. The Hall–Kier alpha value is -2.94. The van der Waals surface area contributed by atoms with Crippen LogP contribution in [0.2, 0.25) is 0 Å². The lowest BCUT2D eigenvalue weighted by Gasteiger charge is -2.31. The number of anilines is 1. The third-order valence-electron chi connectivity index (χ3n) is 3.64. The predicted molar refractivity (Wildman–Crippen MR) is 83.5 cm³/mol. The average Bonchev–Trinajstić information content (AvgIpc) is 3.11. The highest BCUT2D eigenvalue weighted by atomic mass is 16.4. The molecule has 9 nitrogen and oxygen atoms in total. The largest absolute Gasteiger partial charge is 0.476 e. The molecule has 3 heterocycles. The number of carbonyl (C=O) groups is 2. The Morgan fingerprint density at radius 2 is 2.33 bits per heavy atom. The van der Waals surface area contributed by atoms with Crippen LogP contribution < -0.4 is 15.5 Å². The molecular formula is C15H17N5O4. The van der Waals surface area contributed by atoms with Gasteiger partial charge in [0.1, 0.15) is 12.3 Å². The maximum atomic E-state index is 12.3. The Morgan fingerprint density at radius 1 is 1.46 bits per heavy atom. The van der Waals surface area contributed by atoms with Crippen molar-refractivity contribution in [2.45, 2.75) is 12.6 Å². The highest BCUT2D eigenvalue weighted by Crippen LogP contribution is 2.15. The van der Waals surface area contributed by atoms with Crippen molar-refractivity contribution in [1.29, 1.82) is 0 Å². The Bertz CT molecular complexity index is 718. The lowest BCUT2D eigenvalue weighted by atomic mass is 10.2. The third kappa shape index (κ3) is 3.69. The molecule has 0 saturated carbocycles. The molecule has 1 aliphatic heterocycles. The normalized spacial score (nSPS) is 17.5. The predicted octanol–water partition coefficient (Wildman–Crippen LogP) is -0.138. The molecule has 3 rings (SSSR count). The van der Waals surface area contributed by atoms with Gasteiger partial charge in [0, 0.05) is 25.8 Å². The van der Waals surface area contributed by atoms with E-state index in [0.717, 1.165) is 12.0 Å². The van der Waals surface area contributed by atoms with E-state index in [1.54, 1.807) is 11.1 Å². The number of carboxylic acids is 1. The smallest absolute Gasteiger partial charge is 0.357 e. The molecule has 1 fully saturated rings. The standard InChI is InChI=1S/C15H17N5O4/c21-13(18-7-10-3-1-2-4-16-10)11-8-20(6-5-17-11)15-19-12(9-24-15)14(22)23/h1-4,9,11,17H,5-8H2,(H,18,21)(H,22,23)/t11-/m1/s1. The number of hydrogen-bond acceptors (Lipinski definition) is 7. The number of aromatic nitrogens is 2. The van der Waals surface area contributed by atoms with Crippen LogP contribution in [0, 0.1) is 0 Å². The van der Waals surface area contributed by atoms with Gasteiger partial charge in [-0.3, -0.25) is 9.78 Å². The SMILES string of the molecule is O=C(O)c1coc(N2CCN[C@@H](C(=O)NCc3ccccn3)C2)n1. The van der Waals surface area contributed by atoms with E-state index in [2.05, 4.69) is 20.6 Å². The van der Waals surface area contributed by atoms with Crippen LogP contribution in [-0.4, -0.2) is 52.6 Å². The first-order valence-electron chi connectivity index (χ1n) is 7.48.